The summed E-state index contributed by atoms with van der Waals surface area (Å²) >= 11 is 0. The molecule has 24 heavy (non-hydrogen) atoms. The Morgan fingerprint density at radius 3 is 2.42 bits per heavy atom. The summed E-state index contributed by atoms with van der Waals surface area (Å²) < 4.78 is 14.3. The first-order valence-corrected chi connectivity index (χ1v) is 7.43. The predicted octanol–water partition coefficient (Wildman–Crippen LogP) is 1.24. The molecule has 0 aliphatic heterocycles. The summed E-state index contributed by atoms with van der Waals surface area (Å²) in [5, 5.41) is 5.06. The van der Waals surface area contributed by atoms with E-state index in [2.05, 4.69) is 20.1 Å². The first kappa shape index (κ1) is 19.3. The summed E-state index contributed by atoms with van der Waals surface area (Å²) in [4.78, 5) is 33.6. The smallest absolute Gasteiger partial charge is 0.407 e. The first-order valence-electron chi connectivity index (χ1n) is 7.43. The molecule has 0 saturated carbocycles. The summed E-state index contributed by atoms with van der Waals surface area (Å²) in [5.41, 5.74) is 0.984. The van der Waals surface area contributed by atoms with Crippen molar-refractivity contribution < 1.29 is 28.6 Å². The molecule has 132 valence electrons. The van der Waals surface area contributed by atoms with Crippen molar-refractivity contribution >= 4 is 18.2 Å². The van der Waals surface area contributed by atoms with Crippen LogP contribution in [0.2, 0.25) is 0 Å². The van der Waals surface area contributed by atoms with Crippen LogP contribution in [0.4, 0.5) is 9.59 Å². The van der Waals surface area contributed by atoms with Gasteiger partial charge in [-0.15, -0.1) is 0 Å². The SMILES string of the molecule is COC(=O)N[C@@H](COC(=O)NCCOC(C)=O)Cc1ccccc1. The molecule has 8 heteroatoms. The second kappa shape index (κ2) is 10.9. The van der Waals surface area contributed by atoms with Crippen LogP contribution in [0, 0.1) is 0 Å². The largest absolute Gasteiger partial charge is 0.464 e. The van der Waals surface area contributed by atoms with E-state index in [-0.39, 0.29) is 19.8 Å². The van der Waals surface area contributed by atoms with Crippen molar-refractivity contribution in [2.45, 2.75) is 19.4 Å². The maximum Gasteiger partial charge on any atom is 0.407 e. The van der Waals surface area contributed by atoms with E-state index in [4.69, 9.17) is 4.74 Å². The number of carbonyl (C=O) groups is 3. The van der Waals surface area contributed by atoms with Gasteiger partial charge in [0.05, 0.1) is 19.7 Å². The number of alkyl carbamates (subject to hydrolysis) is 2. The molecule has 0 aliphatic rings. The number of benzene rings is 1. The lowest BCUT2D eigenvalue weighted by molar-refractivity contribution is -0.140. The minimum Gasteiger partial charge on any atom is -0.464 e. The van der Waals surface area contributed by atoms with Gasteiger partial charge < -0.3 is 24.8 Å². The van der Waals surface area contributed by atoms with Crippen molar-refractivity contribution in [2.24, 2.45) is 0 Å². The Bertz CT molecular complexity index is 535. The molecular weight excluding hydrogens is 316 g/mol. The topological polar surface area (TPSA) is 103 Å². The molecule has 0 bridgehead atoms. The Balaban J connectivity index is 2.42. The zero-order chi connectivity index (χ0) is 17.8. The van der Waals surface area contributed by atoms with Gasteiger partial charge in [0, 0.05) is 6.92 Å². The summed E-state index contributed by atoms with van der Waals surface area (Å²) in [6.07, 6.45) is -0.780. The van der Waals surface area contributed by atoms with Crippen molar-refractivity contribution in [1.29, 1.82) is 0 Å². The van der Waals surface area contributed by atoms with Gasteiger partial charge in [-0.1, -0.05) is 30.3 Å². The number of rotatable bonds is 8. The molecular formula is C16H22N2O6. The van der Waals surface area contributed by atoms with Crippen LogP contribution in [0.15, 0.2) is 30.3 Å². The Kier molecular flexibility index (Phi) is 8.73. The molecule has 1 aromatic rings. The van der Waals surface area contributed by atoms with Crippen molar-refractivity contribution in [1.82, 2.24) is 10.6 Å². The lowest BCUT2D eigenvalue weighted by Gasteiger charge is -2.18. The fourth-order valence-corrected chi connectivity index (χ4v) is 1.85. The van der Waals surface area contributed by atoms with Gasteiger partial charge in [0.1, 0.15) is 13.2 Å². The average molecular weight is 338 g/mol. The lowest BCUT2D eigenvalue weighted by atomic mass is 10.1. The van der Waals surface area contributed by atoms with E-state index < -0.39 is 24.2 Å². The number of carbonyl (C=O) groups excluding carboxylic acids is 3. The van der Waals surface area contributed by atoms with Crippen molar-refractivity contribution in [3.05, 3.63) is 35.9 Å². The molecule has 0 fully saturated rings. The Hall–Kier alpha value is -2.77. The number of ether oxygens (including phenoxy) is 3. The van der Waals surface area contributed by atoms with E-state index in [0.29, 0.717) is 6.42 Å². The van der Waals surface area contributed by atoms with Gasteiger partial charge in [-0.3, -0.25) is 4.79 Å². The summed E-state index contributed by atoms with van der Waals surface area (Å²) in [6, 6.07) is 9.04. The van der Waals surface area contributed by atoms with Crippen LogP contribution >= 0.6 is 0 Å². The molecule has 0 spiro atoms. The zero-order valence-electron chi connectivity index (χ0n) is 13.7. The maximum atomic E-state index is 11.6. The number of hydrogen-bond acceptors (Lipinski definition) is 6. The highest BCUT2D eigenvalue weighted by Gasteiger charge is 2.16. The quantitative estimate of drug-likeness (QED) is 0.420. The Morgan fingerprint density at radius 1 is 1.08 bits per heavy atom. The van der Waals surface area contributed by atoms with Gasteiger partial charge in [-0.2, -0.15) is 0 Å². The van der Waals surface area contributed by atoms with Crippen LogP contribution < -0.4 is 10.6 Å². The van der Waals surface area contributed by atoms with Crippen molar-refractivity contribution in [3.8, 4) is 0 Å². The van der Waals surface area contributed by atoms with Gasteiger partial charge in [-0.25, -0.2) is 9.59 Å². The fourth-order valence-electron chi connectivity index (χ4n) is 1.85. The predicted molar refractivity (Wildman–Crippen MR) is 85.5 cm³/mol. The summed E-state index contributed by atoms with van der Waals surface area (Å²) in [7, 11) is 1.26. The molecule has 0 unspecified atom stereocenters. The standard InChI is InChI=1S/C16H22N2O6/c1-12(19)23-9-8-17-15(20)24-11-14(18-16(21)22-2)10-13-6-4-3-5-7-13/h3-7,14H,8-11H2,1-2H3,(H,17,20)(H,18,21)/t14-/m1/s1. The average Bonchev–Trinajstić information content (AvgIpc) is 2.57. The van der Waals surface area contributed by atoms with Gasteiger partial charge in [0.25, 0.3) is 0 Å². The first-order chi connectivity index (χ1) is 11.5. The highest BCUT2D eigenvalue weighted by Crippen LogP contribution is 2.04. The monoisotopic (exact) mass is 338 g/mol. The van der Waals surface area contributed by atoms with Gasteiger partial charge in [0.15, 0.2) is 0 Å². The van der Waals surface area contributed by atoms with Gasteiger partial charge in [-0.05, 0) is 12.0 Å². The van der Waals surface area contributed by atoms with Crippen LogP contribution in [-0.4, -0.2) is 51.1 Å². The van der Waals surface area contributed by atoms with Crippen LogP contribution in [0.25, 0.3) is 0 Å². The fraction of sp³-hybridized carbons (Fsp3) is 0.438. The van der Waals surface area contributed by atoms with Crippen molar-refractivity contribution in [3.63, 3.8) is 0 Å². The molecule has 0 radical (unpaired) electrons. The van der Waals surface area contributed by atoms with Crippen LogP contribution in [-0.2, 0) is 25.4 Å². The molecule has 8 nitrogen and oxygen atoms in total. The second-order valence-corrected chi connectivity index (χ2v) is 4.89. The molecule has 2 N–H and O–H groups in total. The molecule has 1 aromatic carbocycles. The third kappa shape index (κ3) is 8.62. The van der Waals surface area contributed by atoms with E-state index in [9.17, 15) is 14.4 Å². The number of methoxy groups -OCH3 is 1. The summed E-state index contributed by atoms with van der Waals surface area (Å²) in [5.74, 6) is -0.421. The molecule has 0 saturated heterocycles. The number of esters is 1. The van der Waals surface area contributed by atoms with Crippen LogP contribution in [0.3, 0.4) is 0 Å². The molecule has 1 atom stereocenters. The molecule has 1 rings (SSSR count). The Morgan fingerprint density at radius 2 is 1.79 bits per heavy atom. The normalized spacial score (nSPS) is 11.1. The van der Waals surface area contributed by atoms with Gasteiger partial charge >= 0.3 is 18.2 Å². The van der Waals surface area contributed by atoms with E-state index >= 15 is 0 Å². The summed E-state index contributed by atoms with van der Waals surface area (Å²) in [6.45, 7) is 1.47. The van der Waals surface area contributed by atoms with Crippen LogP contribution in [0.5, 0.6) is 0 Å². The second-order valence-electron chi connectivity index (χ2n) is 4.89. The highest BCUT2D eigenvalue weighted by atomic mass is 16.6. The minimum atomic E-state index is -0.660. The number of nitrogens with one attached hydrogen (secondary N) is 2. The molecule has 0 aromatic heterocycles. The lowest BCUT2D eigenvalue weighted by Crippen LogP contribution is -2.41. The molecule has 0 aliphatic carbocycles. The third-order valence-electron chi connectivity index (χ3n) is 2.92. The van der Waals surface area contributed by atoms with Crippen LogP contribution in [0.1, 0.15) is 12.5 Å². The number of hydrogen-bond donors (Lipinski definition) is 2. The zero-order valence-corrected chi connectivity index (χ0v) is 13.7. The minimum absolute atomic E-state index is 0.0244. The number of amides is 2. The van der Waals surface area contributed by atoms with E-state index in [1.807, 2.05) is 30.3 Å². The van der Waals surface area contributed by atoms with E-state index in [0.717, 1.165) is 5.56 Å². The molecule has 0 heterocycles. The highest BCUT2D eigenvalue weighted by molar-refractivity contribution is 5.68. The van der Waals surface area contributed by atoms with Crippen molar-refractivity contribution in [2.75, 3.05) is 26.9 Å². The Labute approximate surface area is 140 Å². The molecule has 2 amide bonds. The van der Waals surface area contributed by atoms with E-state index in [1.54, 1.807) is 0 Å². The maximum absolute atomic E-state index is 11.6. The van der Waals surface area contributed by atoms with Gasteiger partial charge in [0.2, 0.25) is 0 Å². The third-order valence-corrected chi connectivity index (χ3v) is 2.92. The van der Waals surface area contributed by atoms with E-state index in [1.165, 1.54) is 14.0 Å².